The molecule has 1 saturated heterocycles. The number of ether oxygens (including phenoxy) is 1. The summed E-state index contributed by atoms with van der Waals surface area (Å²) in [4.78, 5) is 36.6. The van der Waals surface area contributed by atoms with Gasteiger partial charge in [-0.3, -0.25) is 9.59 Å². The van der Waals surface area contributed by atoms with Gasteiger partial charge in [0.15, 0.2) is 0 Å². The van der Waals surface area contributed by atoms with Gasteiger partial charge in [0.1, 0.15) is 6.54 Å². The first kappa shape index (κ1) is 27.1. The van der Waals surface area contributed by atoms with E-state index in [1.165, 1.54) is 4.90 Å². The monoisotopic (exact) mass is 549 g/mol. The van der Waals surface area contributed by atoms with Crippen LogP contribution in [0.3, 0.4) is 0 Å². The number of aliphatic hydroxyl groups excluding tert-OH is 1. The number of aliphatic hydroxyl groups is 1. The summed E-state index contributed by atoms with van der Waals surface area (Å²) in [5.41, 5.74) is 5.54. The van der Waals surface area contributed by atoms with E-state index in [0.717, 1.165) is 35.1 Å². The van der Waals surface area contributed by atoms with Gasteiger partial charge in [-0.05, 0) is 55.0 Å². The summed E-state index contributed by atoms with van der Waals surface area (Å²) in [6.45, 7) is 5.32. The minimum absolute atomic E-state index is 0.113. The third kappa shape index (κ3) is 5.90. The zero-order valence-electron chi connectivity index (χ0n) is 22.0. The molecular formula is C29H32ClN5O4. The summed E-state index contributed by atoms with van der Waals surface area (Å²) in [6, 6.07) is 11.0. The lowest BCUT2D eigenvalue weighted by atomic mass is 9.98. The molecule has 204 valence electrons. The number of fused-ring (bicyclic) bond motifs is 1. The molecule has 1 unspecified atom stereocenters. The van der Waals surface area contributed by atoms with E-state index in [4.69, 9.17) is 16.3 Å². The molecule has 2 aromatic carbocycles. The second kappa shape index (κ2) is 11.7. The smallest absolute Gasteiger partial charge is 0.254 e. The molecular weight excluding hydrogens is 518 g/mol. The van der Waals surface area contributed by atoms with Crippen molar-refractivity contribution in [2.24, 2.45) is 0 Å². The second-order valence-corrected chi connectivity index (χ2v) is 10.5. The van der Waals surface area contributed by atoms with Gasteiger partial charge in [-0.2, -0.15) is 0 Å². The molecule has 1 aromatic heterocycles. The summed E-state index contributed by atoms with van der Waals surface area (Å²) in [6.07, 6.45) is 3.31. The summed E-state index contributed by atoms with van der Waals surface area (Å²) in [7, 11) is 0. The molecule has 3 heterocycles. The standard InChI is InChI=1S/C29H32ClN5O4/c1-17-4-3-5-22(18(17)2)25(16-36)33-26(37)15-35-14-20-7-6-19(12-23(20)28(35)38)27-24(30)13-31-29(34-27)32-21-8-10-39-11-9-21/h3-7,12-13,21,25,36H,8-11,14-16H2,1-2H3,(H,33,37)(H,31,32,34). The maximum atomic E-state index is 13.3. The van der Waals surface area contributed by atoms with Gasteiger partial charge >= 0.3 is 0 Å². The Morgan fingerprint density at radius 3 is 2.79 bits per heavy atom. The number of hydrogen-bond acceptors (Lipinski definition) is 7. The first-order chi connectivity index (χ1) is 18.8. The quantitative estimate of drug-likeness (QED) is 0.391. The zero-order valence-corrected chi connectivity index (χ0v) is 22.8. The van der Waals surface area contributed by atoms with Crippen molar-refractivity contribution in [3.8, 4) is 11.3 Å². The van der Waals surface area contributed by atoms with Crippen LogP contribution in [0.1, 0.15) is 51.5 Å². The van der Waals surface area contributed by atoms with Crippen molar-refractivity contribution in [3.63, 3.8) is 0 Å². The Bertz CT molecular complexity index is 1390. The molecule has 1 atom stereocenters. The fraction of sp³-hybridized carbons (Fsp3) is 0.379. The van der Waals surface area contributed by atoms with Crippen LogP contribution in [0.5, 0.6) is 0 Å². The van der Waals surface area contributed by atoms with Gasteiger partial charge in [-0.15, -0.1) is 0 Å². The predicted molar refractivity (Wildman–Crippen MR) is 149 cm³/mol. The van der Waals surface area contributed by atoms with Gasteiger partial charge in [-0.1, -0.05) is 41.9 Å². The number of halogens is 1. The van der Waals surface area contributed by atoms with Crippen LogP contribution in [-0.4, -0.2) is 64.2 Å². The summed E-state index contributed by atoms with van der Waals surface area (Å²) < 4.78 is 5.41. The molecule has 39 heavy (non-hydrogen) atoms. The number of hydrogen-bond donors (Lipinski definition) is 3. The van der Waals surface area contributed by atoms with E-state index in [-0.39, 0.29) is 31.0 Å². The van der Waals surface area contributed by atoms with Crippen molar-refractivity contribution >= 4 is 29.4 Å². The number of anilines is 1. The highest BCUT2D eigenvalue weighted by Crippen LogP contribution is 2.32. The Morgan fingerprint density at radius 2 is 2.03 bits per heavy atom. The molecule has 10 heteroatoms. The maximum Gasteiger partial charge on any atom is 0.254 e. The van der Waals surface area contributed by atoms with E-state index < -0.39 is 6.04 Å². The lowest BCUT2D eigenvalue weighted by Gasteiger charge is -2.23. The zero-order chi connectivity index (χ0) is 27.5. The fourth-order valence-electron chi connectivity index (χ4n) is 5.09. The maximum absolute atomic E-state index is 13.3. The number of rotatable bonds is 8. The minimum Gasteiger partial charge on any atom is -0.394 e. The first-order valence-electron chi connectivity index (χ1n) is 13.1. The predicted octanol–water partition coefficient (Wildman–Crippen LogP) is 3.81. The second-order valence-electron chi connectivity index (χ2n) is 10.0. The van der Waals surface area contributed by atoms with Crippen molar-refractivity contribution in [2.75, 3.05) is 31.7 Å². The normalized spacial score (nSPS) is 16.2. The molecule has 1 fully saturated rings. The molecule has 2 aliphatic rings. The van der Waals surface area contributed by atoms with E-state index in [1.54, 1.807) is 12.3 Å². The van der Waals surface area contributed by atoms with Crippen LogP contribution in [-0.2, 0) is 16.1 Å². The molecule has 2 aliphatic heterocycles. The molecule has 3 N–H and O–H groups in total. The van der Waals surface area contributed by atoms with Gasteiger partial charge in [0.2, 0.25) is 11.9 Å². The highest BCUT2D eigenvalue weighted by atomic mass is 35.5. The van der Waals surface area contributed by atoms with E-state index in [9.17, 15) is 14.7 Å². The van der Waals surface area contributed by atoms with Crippen molar-refractivity contribution in [1.29, 1.82) is 0 Å². The Balaban J connectivity index is 1.28. The Hall–Kier alpha value is -3.53. The number of nitrogens with one attached hydrogen (secondary N) is 2. The Kier molecular flexibility index (Phi) is 8.11. The van der Waals surface area contributed by atoms with Crippen molar-refractivity contribution in [2.45, 2.75) is 45.3 Å². The largest absolute Gasteiger partial charge is 0.394 e. The molecule has 3 aromatic rings. The number of nitrogens with zero attached hydrogens (tertiary/aromatic N) is 3. The average molecular weight is 550 g/mol. The lowest BCUT2D eigenvalue weighted by molar-refractivity contribution is -0.122. The van der Waals surface area contributed by atoms with Crippen LogP contribution in [0.25, 0.3) is 11.3 Å². The van der Waals surface area contributed by atoms with Crippen molar-refractivity contribution < 1.29 is 19.4 Å². The Morgan fingerprint density at radius 1 is 1.23 bits per heavy atom. The van der Waals surface area contributed by atoms with Crippen LogP contribution in [0, 0.1) is 13.8 Å². The van der Waals surface area contributed by atoms with E-state index in [0.29, 0.717) is 47.6 Å². The fourth-order valence-corrected chi connectivity index (χ4v) is 5.29. The summed E-state index contributed by atoms with van der Waals surface area (Å²) >= 11 is 6.45. The Labute approximate surface area is 232 Å². The molecule has 0 radical (unpaired) electrons. The highest BCUT2D eigenvalue weighted by molar-refractivity contribution is 6.33. The summed E-state index contributed by atoms with van der Waals surface area (Å²) in [5.74, 6) is -0.0901. The number of aromatic nitrogens is 2. The molecule has 0 bridgehead atoms. The van der Waals surface area contributed by atoms with Gasteiger partial charge in [-0.25, -0.2) is 9.97 Å². The van der Waals surface area contributed by atoms with Crippen molar-refractivity contribution in [1.82, 2.24) is 20.2 Å². The van der Waals surface area contributed by atoms with Gasteiger partial charge in [0.05, 0.1) is 29.6 Å². The number of carbonyl (C=O) groups is 2. The molecule has 0 spiro atoms. The lowest BCUT2D eigenvalue weighted by Crippen LogP contribution is -2.40. The SMILES string of the molecule is Cc1cccc(C(CO)NC(=O)CN2Cc3ccc(-c4nc(NC5CCOCC5)ncc4Cl)cc3C2=O)c1C. The van der Waals surface area contributed by atoms with E-state index >= 15 is 0 Å². The van der Waals surface area contributed by atoms with Crippen LogP contribution in [0.2, 0.25) is 5.02 Å². The van der Waals surface area contributed by atoms with Gasteiger partial charge < -0.3 is 25.4 Å². The van der Waals surface area contributed by atoms with Crippen molar-refractivity contribution in [3.05, 3.63) is 75.4 Å². The minimum atomic E-state index is -0.548. The average Bonchev–Trinajstić information content (AvgIpc) is 3.24. The van der Waals surface area contributed by atoms with Gasteiger partial charge in [0.25, 0.3) is 5.91 Å². The van der Waals surface area contributed by atoms with Gasteiger partial charge in [0, 0.05) is 36.9 Å². The molecule has 0 saturated carbocycles. The highest BCUT2D eigenvalue weighted by Gasteiger charge is 2.30. The van der Waals surface area contributed by atoms with Crippen LogP contribution in [0.4, 0.5) is 5.95 Å². The molecule has 0 aliphatic carbocycles. The number of amides is 2. The number of carbonyl (C=O) groups excluding carboxylic acids is 2. The topological polar surface area (TPSA) is 117 Å². The molecule has 5 rings (SSSR count). The van der Waals surface area contributed by atoms with Crippen LogP contribution in [0.15, 0.2) is 42.6 Å². The van der Waals surface area contributed by atoms with Crippen LogP contribution >= 0.6 is 11.6 Å². The number of benzene rings is 2. The molecule has 2 amide bonds. The third-order valence-electron chi connectivity index (χ3n) is 7.43. The number of aryl methyl sites for hydroxylation is 1. The van der Waals surface area contributed by atoms with E-state index in [2.05, 4.69) is 20.6 Å². The van der Waals surface area contributed by atoms with E-state index in [1.807, 2.05) is 44.2 Å². The van der Waals surface area contributed by atoms with Crippen LogP contribution < -0.4 is 10.6 Å². The third-order valence-corrected chi connectivity index (χ3v) is 7.71. The molecule has 9 nitrogen and oxygen atoms in total. The first-order valence-corrected chi connectivity index (χ1v) is 13.5. The summed E-state index contributed by atoms with van der Waals surface area (Å²) in [5, 5.41) is 16.6.